The summed E-state index contributed by atoms with van der Waals surface area (Å²) < 4.78 is 44.1. The van der Waals surface area contributed by atoms with Gasteiger partial charge in [0, 0.05) is 42.2 Å². The molecule has 0 unspecified atom stereocenters. The fourth-order valence-corrected chi connectivity index (χ4v) is 6.66. The van der Waals surface area contributed by atoms with Gasteiger partial charge in [-0.2, -0.15) is 13.2 Å². The van der Waals surface area contributed by atoms with Crippen molar-refractivity contribution < 1.29 is 13.2 Å². The minimum absolute atomic E-state index is 0.109. The topological polar surface area (TPSA) is 63.0 Å². The lowest BCUT2D eigenvalue weighted by Gasteiger charge is -2.59. The van der Waals surface area contributed by atoms with Crippen molar-refractivity contribution in [2.45, 2.75) is 63.3 Å². The third-order valence-corrected chi connectivity index (χ3v) is 8.68. The van der Waals surface area contributed by atoms with Crippen molar-refractivity contribution in [2.24, 2.45) is 5.41 Å². The molecule has 4 heterocycles. The van der Waals surface area contributed by atoms with Gasteiger partial charge in [0.05, 0.1) is 12.2 Å². The van der Waals surface area contributed by atoms with E-state index in [1.54, 1.807) is 18.3 Å². The summed E-state index contributed by atoms with van der Waals surface area (Å²) in [5.74, 6) is 3.34. The van der Waals surface area contributed by atoms with Gasteiger partial charge in [0.2, 0.25) is 0 Å². The van der Waals surface area contributed by atoms with Gasteiger partial charge in [-0.05, 0) is 62.4 Å². The SMILES string of the molecule is Cc1nccc(N2CC3(CC(c4nnc5n4-c4ccc(Cl)cc4CN(C4(C(F)(F)F)CC4)C5)C3)C2)n1. The number of hydrogen-bond acceptors (Lipinski definition) is 6. The molecule has 1 spiro atoms. The summed E-state index contributed by atoms with van der Waals surface area (Å²) in [6.45, 7) is 4.06. The molecule has 0 atom stereocenters. The highest BCUT2D eigenvalue weighted by Gasteiger charge is 2.67. The zero-order valence-corrected chi connectivity index (χ0v) is 20.5. The minimum Gasteiger partial charge on any atom is -0.355 e. The van der Waals surface area contributed by atoms with E-state index in [1.165, 1.54) is 4.90 Å². The summed E-state index contributed by atoms with van der Waals surface area (Å²) in [6, 6.07) is 7.40. The Morgan fingerprint density at radius 2 is 1.83 bits per heavy atom. The maximum atomic E-state index is 14.0. The summed E-state index contributed by atoms with van der Waals surface area (Å²) >= 11 is 6.28. The molecule has 2 aromatic heterocycles. The van der Waals surface area contributed by atoms with E-state index in [4.69, 9.17) is 11.6 Å². The van der Waals surface area contributed by atoms with E-state index in [-0.39, 0.29) is 37.3 Å². The molecule has 1 aromatic carbocycles. The zero-order chi connectivity index (χ0) is 24.9. The van der Waals surface area contributed by atoms with Gasteiger partial charge in [-0.15, -0.1) is 10.2 Å². The molecule has 4 aliphatic rings. The average Bonchev–Trinajstić information content (AvgIpc) is 3.51. The van der Waals surface area contributed by atoms with Crippen molar-refractivity contribution in [1.29, 1.82) is 0 Å². The molecule has 0 N–H and O–H groups in total. The Morgan fingerprint density at radius 1 is 1.06 bits per heavy atom. The molecule has 0 radical (unpaired) electrons. The molecule has 36 heavy (non-hydrogen) atoms. The maximum Gasteiger partial charge on any atom is 0.406 e. The first kappa shape index (κ1) is 22.5. The van der Waals surface area contributed by atoms with Gasteiger partial charge < -0.3 is 4.90 Å². The van der Waals surface area contributed by atoms with Crippen LogP contribution in [0.4, 0.5) is 19.0 Å². The molecule has 2 aliphatic carbocycles. The van der Waals surface area contributed by atoms with Gasteiger partial charge in [0.1, 0.15) is 23.0 Å². The lowest BCUT2D eigenvalue weighted by Crippen LogP contribution is -2.62. The Labute approximate surface area is 211 Å². The number of rotatable bonds is 3. The third kappa shape index (κ3) is 3.30. The van der Waals surface area contributed by atoms with Crippen LogP contribution in [-0.2, 0) is 13.1 Å². The van der Waals surface area contributed by atoms with E-state index in [0.29, 0.717) is 10.8 Å². The number of aryl methyl sites for hydroxylation is 1. The normalized spacial score (nSPS) is 22.4. The number of anilines is 1. The van der Waals surface area contributed by atoms with Crippen molar-refractivity contribution in [1.82, 2.24) is 29.6 Å². The van der Waals surface area contributed by atoms with Crippen molar-refractivity contribution in [3.05, 3.63) is 58.5 Å². The molecule has 1 saturated heterocycles. The number of benzene rings is 1. The lowest BCUT2D eigenvalue weighted by atomic mass is 9.57. The molecule has 3 fully saturated rings. The molecule has 7 rings (SSSR count). The number of halogens is 4. The highest BCUT2D eigenvalue weighted by atomic mass is 35.5. The van der Waals surface area contributed by atoms with Gasteiger partial charge in [0.15, 0.2) is 5.82 Å². The summed E-state index contributed by atoms with van der Waals surface area (Å²) in [5.41, 5.74) is 0.0517. The second-order valence-electron chi connectivity index (χ2n) is 10.9. The second-order valence-corrected chi connectivity index (χ2v) is 11.3. The molecule has 3 aromatic rings. The van der Waals surface area contributed by atoms with Crippen LogP contribution in [0.3, 0.4) is 0 Å². The molecule has 11 heteroatoms. The van der Waals surface area contributed by atoms with Gasteiger partial charge in [-0.25, -0.2) is 9.97 Å². The first-order valence-corrected chi connectivity index (χ1v) is 12.6. The molecule has 2 saturated carbocycles. The standard InChI is InChI=1S/C25H25ClF3N7/c1-15-30-7-4-20(31-15)34-13-23(14-34)9-17(10-23)22-33-32-21-12-35(24(5-6-24)25(27,28)29)11-16-8-18(26)2-3-19(16)36(21)22/h2-4,7-8,17H,5-6,9-14H2,1H3. The van der Waals surface area contributed by atoms with E-state index in [9.17, 15) is 13.2 Å². The summed E-state index contributed by atoms with van der Waals surface area (Å²) in [7, 11) is 0. The monoisotopic (exact) mass is 515 g/mol. The van der Waals surface area contributed by atoms with E-state index in [2.05, 4.69) is 25.1 Å². The second kappa shape index (κ2) is 7.41. The molecule has 188 valence electrons. The molecular formula is C25H25ClF3N7. The molecule has 0 bridgehead atoms. The first-order valence-electron chi connectivity index (χ1n) is 12.3. The predicted molar refractivity (Wildman–Crippen MR) is 127 cm³/mol. The number of alkyl halides is 3. The van der Waals surface area contributed by atoms with Gasteiger partial charge in [-0.1, -0.05) is 11.6 Å². The van der Waals surface area contributed by atoms with Crippen LogP contribution >= 0.6 is 11.6 Å². The van der Waals surface area contributed by atoms with Crippen molar-refractivity contribution >= 4 is 17.4 Å². The number of fused-ring (bicyclic) bond motifs is 3. The molecule has 2 aliphatic heterocycles. The molecular weight excluding hydrogens is 491 g/mol. The highest BCUT2D eigenvalue weighted by Crippen LogP contribution is 2.58. The lowest BCUT2D eigenvalue weighted by molar-refractivity contribution is -0.200. The largest absolute Gasteiger partial charge is 0.406 e. The number of hydrogen-bond donors (Lipinski definition) is 0. The van der Waals surface area contributed by atoms with Crippen LogP contribution in [0.1, 0.15) is 54.6 Å². The maximum absolute atomic E-state index is 14.0. The summed E-state index contributed by atoms with van der Waals surface area (Å²) in [5, 5.41) is 9.47. The van der Waals surface area contributed by atoms with Crippen molar-refractivity contribution in [3.63, 3.8) is 0 Å². The van der Waals surface area contributed by atoms with E-state index < -0.39 is 11.7 Å². The fraction of sp³-hybridized carbons (Fsp3) is 0.520. The Kier molecular flexibility index (Phi) is 4.63. The minimum atomic E-state index is -4.29. The van der Waals surface area contributed by atoms with Gasteiger partial charge in [-0.3, -0.25) is 9.47 Å². The highest BCUT2D eigenvalue weighted by molar-refractivity contribution is 6.30. The average molecular weight is 516 g/mol. The van der Waals surface area contributed by atoms with Crippen LogP contribution in [0, 0.1) is 12.3 Å². The first-order chi connectivity index (χ1) is 17.2. The Bertz CT molecular complexity index is 1350. The van der Waals surface area contributed by atoms with E-state index in [1.807, 2.05) is 23.6 Å². The Hall–Kier alpha value is -2.72. The van der Waals surface area contributed by atoms with Crippen LogP contribution in [-0.4, -0.2) is 54.4 Å². The van der Waals surface area contributed by atoms with Crippen LogP contribution in [0.25, 0.3) is 5.69 Å². The summed E-state index contributed by atoms with van der Waals surface area (Å²) in [6.07, 6.45) is -0.324. The number of nitrogens with zero attached hydrogens (tertiary/aromatic N) is 7. The van der Waals surface area contributed by atoms with Gasteiger partial charge >= 0.3 is 6.18 Å². The molecule has 7 nitrogen and oxygen atoms in total. The van der Waals surface area contributed by atoms with Gasteiger partial charge in [0.25, 0.3) is 0 Å². The van der Waals surface area contributed by atoms with E-state index in [0.717, 1.165) is 54.6 Å². The number of aromatic nitrogens is 5. The van der Waals surface area contributed by atoms with Crippen LogP contribution in [0.15, 0.2) is 30.5 Å². The van der Waals surface area contributed by atoms with E-state index >= 15 is 0 Å². The quantitative estimate of drug-likeness (QED) is 0.499. The zero-order valence-electron chi connectivity index (χ0n) is 19.8. The van der Waals surface area contributed by atoms with Crippen LogP contribution in [0.5, 0.6) is 0 Å². The smallest absolute Gasteiger partial charge is 0.355 e. The summed E-state index contributed by atoms with van der Waals surface area (Å²) in [4.78, 5) is 12.5. The predicted octanol–water partition coefficient (Wildman–Crippen LogP) is 4.81. The van der Waals surface area contributed by atoms with Crippen LogP contribution < -0.4 is 4.90 Å². The van der Waals surface area contributed by atoms with Crippen molar-refractivity contribution in [2.75, 3.05) is 18.0 Å². The Morgan fingerprint density at radius 3 is 2.53 bits per heavy atom. The van der Waals surface area contributed by atoms with Crippen LogP contribution in [0.2, 0.25) is 5.02 Å². The fourth-order valence-electron chi connectivity index (χ4n) is 6.46. The van der Waals surface area contributed by atoms with Crippen molar-refractivity contribution in [3.8, 4) is 5.69 Å². The molecule has 0 amide bonds. The third-order valence-electron chi connectivity index (χ3n) is 8.45. The Balaban J connectivity index is 1.17.